The van der Waals surface area contributed by atoms with Crippen molar-refractivity contribution in [3.8, 4) is 0 Å². The zero-order valence-electron chi connectivity index (χ0n) is 14.8. The van der Waals surface area contributed by atoms with Crippen molar-refractivity contribution in [3.63, 3.8) is 0 Å². The molecular formula is C18H26Cl2O4. The second-order valence-electron chi connectivity index (χ2n) is 9.18. The Hall–Kier alpha value is -0.480. The van der Waals surface area contributed by atoms with Gasteiger partial charge in [-0.15, -0.1) is 23.2 Å². The van der Waals surface area contributed by atoms with Gasteiger partial charge in [0.05, 0.1) is 14.2 Å². The largest absolute Gasteiger partial charge is 0.468 e. The summed E-state index contributed by atoms with van der Waals surface area (Å²) < 4.78 is 9.87. The van der Waals surface area contributed by atoms with E-state index in [0.717, 1.165) is 32.1 Å². The molecule has 0 spiro atoms. The van der Waals surface area contributed by atoms with Crippen LogP contribution in [0.25, 0.3) is 0 Å². The number of carbonyl (C=O) groups excluding carboxylic acids is 2. The third-order valence-corrected chi connectivity index (χ3v) is 7.85. The second kappa shape index (κ2) is 5.51. The predicted octanol–water partition coefficient (Wildman–Crippen LogP) is 3.91. The molecule has 4 aliphatic carbocycles. The van der Waals surface area contributed by atoms with Crippen LogP contribution in [0, 0.1) is 21.7 Å². The molecule has 6 heteroatoms. The highest BCUT2D eigenvalue weighted by Gasteiger charge is 2.70. The Morgan fingerprint density at radius 2 is 1.08 bits per heavy atom. The summed E-state index contributed by atoms with van der Waals surface area (Å²) in [6, 6.07) is 0. The molecule has 0 aromatic carbocycles. The van der Waals surface area contributed by atoms with E-state index in [9.17, 15) is 9.59 Å². The highest BCUT2D eigenvalue weighted by atomic mass is 35.5. The van der Waals surface area contributed by atoms with E-state index in [1.807, 2.05) is 0 Å². The summed E-state index contributed by atoms with van der Waals surface area (Å²) in [6.07, 6.45) is 5.28. The van der Waals surface area contributed by atoms with Crippen LogP contribution in [0.3, 0.4) is 0 Å². The fourth-order valence-corrected chi connectivity index (χ4v) is 7.77. The molecule has 4 nitrogen and oxygen atoms in total. The van der Waals surface area contributed by atoms with Gasteiger partial charge in [0.2, 0.25) is 0 Å². The van der Waals surface area contributed by atoms with Gasteiger partial charge in [-0.25, -0.2) is 0 Å². The summed E-state index contributed by atoms with van der Waals surface area (Å²) in [5.74, 6) is -0.768. The normalized spacial score (nSPS) is 45.6. The molecule has 0 N–H and O–H groups in total. The van der Waals surface area contributed by atoms with Crippen molar-refractivity contribution >= 4 is 35.1 Å². The topological polar surface area (TPSA) is 52.6 Å². The minimum atomic E-state index is -0.706. The minimum Gasteiger partial charge on any atom is -0.468 e. The zero-order chi connectivity index (χ0) is 18.0. The van der Waals surface area contributed by atoms with Crippen molar-refractivity contribution in [3.05, 3.63) is 0 Å². The van der Waals surface area contributed by atoms with Crippen LogP contribution in [0.5, 0.6) is 0 Å². The Kier molecular flexibility index (Phi) is 4.20. The van der Waals surface area contributed by atoms with Crippen LogP contribution in [0.15, 0.2) is 0 Å². The fraction of sp³-hybridized carbons (Fsp3) is 0.889. The fourth-order valence-electron chi connectivity index (χ4n) is 7.13. The third-order valence-electron chi connectivity index (χ3n) is 6.56. The van der Waals surface area contributed by atoms with Gasteiger partial charge in [0.15, 0.2) is 0 Å². The highest BCUT2D eigenvalue weighted by Crippen LogP contribution is 2.76. The number of methoxy groups -OCH3 is 2. The minimum absolute atomic E-state index is 0.0336. The number of carbonyl (C=O) groups is 2. The second-order valence-corrected chi connectivity index (χ2v) is 10.1. The van der Waals surface area contributed by atoms with Gasteiger partial charge in [-0.3, -0.25) is 9.59 Å². The van der Waals surface area contributed by atoms with Crippen LogP contribution in [0.4, 0.5) is 0 Å². The molecule has 4 fully saturated rings. The van der Waals surface area contributed by atoms with Crippen LogP contribution in [0.2, 0.25) is 0 Å². The molecule has 4 aliphatic rings. The first-order valence-corrected chi connectivity index (χ1v) is 9.34. The molecule has 0 radical (unpaired) electrons. The average molecular weight is 377 g/mol. The van der Waals surface area contributed by atoms with Crippen LogP contribution in [0.1, 0.15) is 52.4 Å². The number of rotatable bonds is 4. The van der Waals surface area contributed by atoms with Crippen molar-refractivity contribution in [2.24, 2.45) is 21.7 Å². The lowest BCUT2D eigenvalue weighted by molar-refractivity contribution is -0.199. The van der Waals surface area contributed by atoms with Crippen molar-refractivity contribution in [1.82, 2.24) is 0 Å². The lowest BCUT2D eigenvalue weighted by atomic mass is 9.35. The Morgan fingerprint density at radius 1 is 0.750 bits per heavy atom. The number of halogens is 2. The van der Waals surface area contributed by atoms with E-state index >= 15 is 0 Å². The Morgan fingerprint density at radius 3 is 1.38 bits per heavy atom. The van der Waals surface area contributed by atoms with Gasteiger partial charge in [-0.2, -0.15) is 0 Å². The maximum absolute atomic E-state index is 12.2. The van der Waals surface area contributed by atoms with Gasteiger partial charge >= 0.3 is 11.9 Å². The van der Waals surface area contributed by atoms with E-state index in [1.54, 1.807) is 0 Å². The quantitative estimate of drug-likeness (QED) is 0.551. The number of ether oxygens (including phenoxy) is 2. The van der Waals surface area contributed by atoms with Crippen LogP contribution in [-0.2, 0) is 19.1 Å². The van der Waals surface area contributed by atoms with Crippen LogP contribution in [-0.4, -0.2) is 36.9 Å². The van der Waals surface area contributed by atoms with Crippen molar-refractivity contribution in [2.45, 2.75) is 63.1 Å². The molecule has 0 aromatic rings. The van der Waals surface area contributed by atoms with Crippen molar-refractivity contribution in [2.75, 3.05) is 14.2 Å². The first-order chi connectivity index (χ1) is 11.0. The first kappa shape index (κ1) is 18.3. The average Bonchev–Trinajstić information content (AvgIpc) is 2.48. The Bertz CT molecular complexity index is 513. The zero-order valence-corrected chi connectivity index (χ0v) is 16.3. The van der Waals surface area contributed by atoms with Crippen molar-refractivity contribution < 1.29 is 19.1 Å². The molecule has 24 heavy (non-hydrogen) atoms. The molecule has 0 saturated heterocycles. The van der Waals surface area contributed by atoms with Crippen molar-refractivity contribution in [1.29, 1.82) is 0 Å². The van der Waals surface area contributed by atoms with Crippen LogP contribution < -0.4 is 0 Å². The van der Waals surface area contributed by atoms with E-state index in [4.69, 9.17) is 32.7 Å². The summed E-state index contributed by atoms with van der Waals surface area (Å²) in [6.45, 7) is 4.49. The molecule has 0 amide bonds. The standard InChI is InChI=1S/C18H26Cl2O4/c1-15-5-16(2)8-17(6-15,11(19)13(21)23-3)10-18(7-15,9-16)12(20)14(22)24-4/h11-12H,5-10H2,1-4H3/t11-,12-,15?,16?,17?,18?/m0/s1. The number of alkyl halides is 2. The smallest absolute Gasteiger partial charge is 0.324 e. The van der Waals surface area contributed by atoms with E-state index in [2.05, 4.69) is 13.8 Å². The molecule has 4 bridgehead atoms. The summed E-state index contributed by atoms with van der Waals surface area (Å²) in [4.78, 5) is 24.4. The van der Waals surface area contributed by atoms with Gasteiger partial charge < -0.3 is 9.47 Å². The van der Waals surface area contributed by atoms with Gasteiger partial charge in [-0.1, -0.05) is 13.8 Å². The van der Waals surface area contributed by atoms with E-state index in [0.29, 0.717) is 6.42 Å². The molecule has 0 aliphatic heterocycles. The van der Waals surface area contributed by atoms with E-state index < -0.39 is 10.8 Å². The van der Waals surface area contributed by atoms with Gasteiger partial charge in [0.25, 0.3) is 0 Å². The Balaban J connectivity index is 2.06. The summed E-state index contributed by atoms with van der Waals surface area (Å²) >= 11 is 13.2. The van der Waals surface area contributed by atoms with Gasteiger partial charge in [0.1, 0.15) is 10.8 Å². The van der Waals surface area contributed by atoms with Gasteiger partial charge in [0, 0.05) is 0 Å². The first-order valence-electron chi connectivity index (χ1n) is 8.47. The molecule has 0 aromatic heterocycles. The predicted molar refractivity (Wildman–Crippen MR) is 92.1 cm³/mol. The maximum atomic E-state index is 12.2. The monoisotopic (exact) mass is 376 g/mol. The molecular weight excluding hydrogens is 351 g/mol. The SMILES string of the molecule is COC(=O)[C@H](Cl)C12CC3(C)CC(C)(C1)CC([C@@H](Cl)C(=O)OC)(C3)C2. The lowest BCUT2D eigenvalue weighted by Crippen LogP contribution is -2.65. The molecule has 0 heterocycles. The Labute approximate surface area is 153 Å². The highest BCUT2D eigenvalue weighted by molar-refractivity contribution is 6.31. The maximum Gasteiger partial charge on any atom is 0.324 e. The lowest BCUT2D eigenvalue weighted by Gasteiger charge is -2.70. The molecule has 4 saturated carbocycles. The molecule has 4 rings (SSSR count). The van der Waals surface area contributed by atoms with E-state index in [-0.39, 0.29) is 33.6 Å². The molecule has 0 unspecified atom stereocenters. The third kappa shape index (κ3) is 2.56. The van der Waals surface area contributed by atoms with Gasteiger partial charge in [-0.05, 0) is 60.2 Å². The number of hydrogen-bond donors (Lipinski definition) is 0. The molecule has 136 valence electrons. The number of esters is 2. The summed E-state index contributed by atoms with van der Waals surface area (Å²) in [5, 5.41) is -1.41. The molecule has 2 atom stereocenters. The van der Waals surface area contributed by atoms with Crippen LogP contribution >= 0.6 is 23.2 Å². The summed E-state index contributed by atoms with van der Waals surface area (Å²) in [7, 11) is 2.74. The summed E-state index contributed by atoms with van der Waals surface area (Å²) in [5.41, 5.74) is -0.667. The van der Waals surface area contributed by atoms with E-state index in [1.165, 1.54) is 14.2 Å². The number of hydrogen-bond acceptors (Lipinski definition) is 4.